The molecule has 84 valence electrons. The van der Waals surface area contributed by atoms with Crippen LogP contribution in [0.2, 0.25) is 0 Å². The van der Waals surface area contributed by atoms with Crippen LogP contribution in [-0.2, 0) is 4.79 Å². The number of amides is 1. The van der Waals surface area contributed by atoms with Crippen LogP contribution in [0.5, 0.6) is 0 Å². The van der Waals surface area contributed by atoms with E-state index in [9.17, 15) is 4.79 Å². The minimum absolute atomic E-state index is 0.0808. The number of carbonyl (C=O) groups is 1. The van der Waals surface area contributed by atoms with Crippen molar-refractivity contribution in [3.05, 3.63) is 0 Å². The second-order valence-corrected chi connectivity index (χ2v) is 3.93. The van der Waals surface area contributed by atoms with Crippen LogP contribution in [0, 0.1) is 5.92 Å². The first-order chi connectivity index (χ1) is 6.54. The molecule has 0 aliphatic carbocycles. The Kier molecular flexibility index (Phi) is 6.54. The Morgan fingerprint density at radius 2 is 1.86 bits per heavy atom. The Morgan fingerprint density at radius 3 is 2.21 bits per heavy atom. The fourth-order valence-electron chi connectivity index (χ4n) is 1.51. The maximum atomic E-state index is 11.9. The van der Waals surface area contributed by atoms with E-state index >= 15 is 0 Å². The van der Waals surface area contributed by atoms with E-state index in [1.54, 1.807) is 0 Å². The standard InChI is InChI=1S/C11H24N2O/c1-6-12-8-10(5)11(14)13(7-2)9(3)4/h9-10,12H,6-8H2,1-5H3. The summed E-state index contributed by atoms with van der Waals surface area (Å²) >= 11 is 0. The van der Waals surface area contributed by atoms with Crippen molar-refractivity contribution in [2.75, 3.05) is 19.6 Å². The zero-order chi connectivity index (χ0) is 11.1. The number of nitrogens with zero attached hydrogens (tertiary/aromatic N) is 1. The minimum Gasteiger partial charge on any atom is -0.340 e. The number of rotatable bonds is 6. The molecule has 0 aliphatic heterocycles. The number of hydrogen-bond acceptors (Lipinski definition) is 2. The molecule has 3 nitrogen and oxygen atoms in total. The lowest BCUT2D eigenvalue weighted by molar-refractivity contribution is -0.136. The highest BCUT2D eigenvalue weighted by atomic mass is 16.2. The van der Waals surface area contributed by atoms with Gasteiger partial charge in [-0.25, -0.2) is 0 Å². The van der Waals surface area contributed by atoms with Crippen LogP contribution in [0.25, 0.3) is 0 Å². The molecule has 0 heterocycles. The van der Waals surface area contributed by atoms with Gasteiger partial charge >= 0.3 is 0 Å². The summed E-state index contributed by atoms with van der Waals surface area (Å²) in [4.78, 5) is 13.8. The highest BCUT2D eigenvalue weighted by Gasteiger charge is 2.20. The molecule has 0 saturated heterocycles. The molecular formula is C11H24N2O. The van der Waals surface area contributed by atoms with Crippen molar-refractivity contribution < 1.29 is 4.79 Å². The smallest absolute Gasteiger partial charge is 0.226 e. The molecule has 0 aromatic rings. The van der Waals surface area contributed by atoms with Gasteiger partial charge in [-0.15, -0.1) is 0 Å². The third-order valence-corrected chi connectivity index (χ3v) is 2.37. The van der Waals surface area contributed by atoms with Crippen LogP contribution in [-0.4, -0.2) is 36.5 Å². The Morgan fingerprint density at radius 1 is 1.29 bits per heavy atom. The van der Waals surface area contributed by atoms with Crippen LogP contribution in [0.15, 0.2) is 0 Å². The molecule has 1 atom stereocenters. The molecule has 0 rings (SSSR count). The summed E-state index contributed by atoms with van der Waals surface area (Å²) in [6.45, 7) is 12.7. The molecule has 0 radical (unpaired) electrons. The monoisotopic (exact) mass is 200 g/mol. The van der Waals surface area contributed by atoms with E-state index < -0.39 is 0 Å². The molecule has 0 aliphatic rings. The summed E-state index contributed by atoms with van der Waals surface area (Å²) in [7, 11) is 0. The second-order valence-electron chi connectivity index (χ2n) is 3.93. The van der Waals surface area contributed by atoms with E-state index in [4.69, 9.17) is 0 Å². The zero-order valence-electron chi connectivity index (χ0n) is 10.1. The zero-order valence-corrected chi connectivity index (χ0v) is 10.1. The summed E-state index contributed by atoms with van der Waals surface area (Å²) in [6, 6.07) is 0.302. The Bertz CT molecular complexity index is 169. The van der Waals surface area contributed by atoms with Crippen molar-refractivity contribution >= 4 is 5.91 Å². The van der Waals surface area contributed by atoms with E-state index in [0.29, 0.717) is 6.04 Å². The van der Waals surface area contributed by atoms with Gasteiger partial charge < -0.3 is 10.2 Å². The predicted molar refractivity (Wildman–Crippen MR) is 60.2 cm³/mol. The molecule has 1 N–H and O–H groups in total. The molecule has 0 aromatic heterocycles. The molecule has 0 saturated carbocycles. The van der Waals surface area contributed by atoms with Crippen LogP contribution in [0.1, 0.15) is 34.6 Å². The Balaban J connectivity index is 4.13. The van der Waals surface area contributed by atoms with Crippen LogP contribution >= 0.6 is 0 Å². The van der Waals surface area contributed by atoms with Crippen molar-refractivity contribution in [2.45, 2.75) is 40.7 Å². The lowest BCUT2D eigenvalue weighted by atomic mass is 10.1. The van der Waals surface area contributed by atoms with Crippen molar-refractivity contribution in [2.24, 2.45) is 5.92 Å². The van der Waals surface area contributed by atoms with Gasteiger partial charge in [0, 0.05) is 25.0 Å². The highest BCUT2D eigenvalue weighted by Crippen LogP contribution is 2.05. The van der Waals surface area contributed by atoms with Gasteiger partial charge in [0.25, 0.3) is 0 Å². The van der Waals surface area contributed by atoms with Gasteiger partial charge in [0.2, 0.25) is 5.91 Å². The SMILES string of the molecule is CCNCC(C)C(=O)N(CC)C(C)C. The molecule has 14 heavy (non-hydrogen) atoms. The van der Waals surface area contributed by atoms with Crippen LogP contribution < -0.4 is 5.32 Å². The molecule has 3 heteroatoms. The van der Waals surface area contributed by atoms with Crippen molar-refractivity contribution in [1.82, 2.24) is 10.2 Å². The lowest BCUT2D eigenvalue weighted by Gasteiger charge is -2.28. The maximum absolute atomic E-state index is 11.9. The Hall–Kier alpha value is -0.570. The van der Waals surface area contributed by atoms with Gasteiger partial charge in [-0.2, -0.15) is 0 Å². The van der Waals surface area contributed by atoms with E-state index in [2.05, 4.69) is 26.1 Å². The van der Waals surface area contributed by atoms with Gasteiger partial charge in [-0.3, -0.25) is 4.79 Å². The fourth-order valence-corrected chi connectivity index (χ4v) is 1.51. The first-order valence-electron chi connectivity index (χ1n) is 5.55. The van der Waals surface area contributed by atoms with Gasteiger partial charge in [0.05, 0.1) is 0 Å². The second kappa shape index (κ2) is 6.82. The molecule has 0 spiro atoms. The van der Waals surface area contributed by atoms with Gasteiger partial charge in [-0.1, -0.05) is 13.8 Å². The third-order valence-electron chi connectivity index (χ3n) is 2.37. The third kappa shape index (κ3) is 4.09. The molecule has 0 fully saturated rings. The number of carbonyl (C=O) groups excluding carboxylic acids is 1. The van der Waals surface area contributed by atoms with E-state index in [1.165, 1.54) is 0 Å². The average molecular weight is 200 g/mol. The molecular weight excluding hydrogens is 176 g/mol. The van der Waals surface area contributed by atoms with Gasteiger partial charge in [0.1, 0.15) is 0 Å². The van der Waals surface area contributed by atoms with Crippen molar-refractivity contribution in [3.8, 4) is 0 Å². The van der Waals surface area contributed by atoms with E-state index in [-0.39, 0.29) is 11.8 Å². The minimum atomic E-state index is 0.0808. The molecule has 1 amide bonds. The molecule has 0 aromatic carbocycles. The van der Waals surface area contributed by atoms with Gasteiger partial charge in [-0.05, 0) is 27.3 Å². The van der Waals surface area contributed by atoms with Crippen molar-refractivity contribution in [3.63, 3.8) is 0 Å². The summed E-state index contributed by atoms with van der Waals surface area (Å²) < 4.78 is 0. The van der Waals surface area contributed by atoms with E-state index in [1.807, 2.05) is 18.7 Å². The number of nitrogens with one attached hydrogen (secondary N) is 1. The van der Waals surface area contributed by atoms with Crippen LogP contribution in [0.3, 0.4) is 0 Å². The number of hydrogen-bond donors (Lipinski definition) is 1. The highest BCUT2D eigenvalue weighted by molar-refractivity contribution is 5.78. The quantitative estimate of drug-likeness (QED) is 0.704. The largest absolute Gasteiger partial charge is 0.340 e. The summed E-state index contributed by atoms with van der Waals surface area (Å²) in [5.41, 5.74) is 0. The molecule has 1 unspecified atom stereocenters. The first kappa shape index (κ1) is 13.4. The summed E-state index contributed by atoms with van der Waals surface area (Å²) in [5, 5.41) is 3.20. The Labute approximate surface area is 87.9 Å². The normalized spacial score (nSPS) is 13.0. The fraction of sp³-hybridized carbons (Fsp3) is 0.909. The van der Waals surface area contributed by atoms with Gasteiger partial charge in [0.15, 0.2) is 0 Å². The van der Waals surface area contributed by atoms with E-state index in [0.717, 1.165) is 19.6 Å². The maximum Gasteiger partial charge on any atom is 0.226 e. The topological polar surface area (TPSA) is 32.3 Å². The molecule has 0 bridgehead atoms. The predicted octanol–water partition coefficient (Wildman–Crippen LogP) is 1.49. The first-order valence-corrected chi connectivity index (χ1v) is 5.55. The van der Waals surface area contributed by atoms with Crippen LogP contribution in [0.4, 0.5) is 0 Å². The average Bonchev–Trinajstić information content (AvgIpc) is 2.14. The lowest BCUT2D eigenvalue weighted by Crippen LogP contribution is -2.42. The summed E-state index contributed by atoms with van der Waals surface area (Å²) in [6.07, 6.45) is 0. The van der Waals surface area contributed by atoms with Crippen molar-refractivity contribution in [1.29, 1.82) is 0 Å². The summed E-state index contributed by atoms with van der Waals surface area (Å²) in [5.74, 6) is 0.334.